The Morgan fingerprint density at radius 2 is 1.86 bits per heavy atom. The van der Waals surface area contributed by atoms with Gasteiger partial charge in [0.1, 0.15) is 17.6 Å². The lowest BCUT2D eigenvalue weighted by Crippen LogP contribution is -2.73. The molecule has 8 nitrogen and oxygen atoms in total. The van der Waals surface area contributed by atoms with Crippen LogP contribution in [0.4, 0.5) is 0 Å². The van der Waals surface area contributed by atoms with Crippen molar-refractivity contribution in [3.63, 3.8) is 0 Å². The lowest BCUT2D eigenvalue weighted by molar-refractivity contribution is -0.360. The third-order valence-electron chi connectivity index (χ3n) is 6.54. The van der Waals surface area contributed by atoms with Gasteiger partial charge in [-0.3, -0.25) is 5.41 Å². The van der Waals surface area contributed by atoms with Crippen molar-refractivity contribution >= 4 is 5.90 Å². The maximum Gasteiger partial charge on any atom is 0.218 e. The molecule has 3 heterocycles. The molecule has 1 N–H and O–H groups in total. The molecule has 3 aliphatic heterocycles. The summed E-state index contributed by atoms with van der Waals surface area (Å²) in [6.07, 6.45) is 1.44. The highest BCUT2D eigenvalue weighted by Gasteiger charge is 2.80. The fourth-order valence-electron chi connectivity index (χ4n) is 5.16. The highest BCUT2D eigenvalue weighted by atomic mass is 16.7. The number of ether oxygens (including phenoxy) is 4. The molecule has 1 spiro atoms. The van der Waals surface area contributed by atoms with Crippen molar-refractivity contribution in [1.29, 1.82) is 21.2 Å². The molecule has 8 heteroatoms. The Labute approximate surface area is 168 Å². The number of hydrogen-bond donors (Lipinski definition) is 1. The second-order valence-corrected chi connectivity index (χ2v) is 7.60. The molecule has 1 aromatic rings. The summed E-state index contributed by atoms with van der Waals surface area (Å²) in [6, 6.07) is 11.4. The topological polar surface area (TPSA) is 132 Å². The monoisotopic (exact) mass is 392 g/mol. The minimum atomic E-state index is -1.93. The first-order valence-corrected chi connectivity index (χ1v) is 9.40. The van der Waals surface area contributed by atoms with Crippen molar-refractivity contribution in [1.82, 2.24) is 0 Å². The summed E-state index contributed by atoms with van der Waals surface area (Å²) < 4.78 is 23.1. The first-order valence-electron chi connectivity index (χ1n) is 9.40. The molecule has 0 unspecified atom stereocenters. The predicted octanol–water partition coefficient (Wildman–Crippen LogP) is 3.21. The van der Waals surface area contributed by atoms with Crippen molar-refractivity contribution < 1.29 is 18.9 Å². The normalized spacial score (nSPS) is 34.0. The fourth-order valence-corrected chi connectivity index (χ4v) is 5.16. The molecule has 0 radical (unpaired) electrons. The van der Waals surface area contributed by atoms with Crippen molar-refractivity contribution in [2.24, 2.45) is 16.7 Å². The second kappa shape index (κ2) is 6.37. The SMILES string of the molecule is COc1ccc(OC)c([C@@H]2O[C@@]34CCCC[C@@H]3C(C#N)(C#N)[C@@]2(C#N)C(=N)O4)c1. The zero-order valence-corrected chi connectivity index (χ0v) is 16.2. The number of nitrogens with one attached hydrogen (secondary N) is 1. The van der Waals surface area contributed by atoms with E-state index in [0.717, 1.165) is 12.8 Å². The Hall–Kier alpha value is -3.28. The van der Waals surface area contributed by atoms with Gasteiger partial charge in [-0.1, -0.05) is 6.42 Å². The average molecular weight is 392 g/mol. The van der Waals surface area contributed by atoms with Crippen molar-refractivity contribution in [3.8, 4) is 29.7 Å². The zero-order chi connectivity index (χ0) is 20.9. The van der Waals surface area contributed by atoms with E-state index in [4.69, 9.17) is 24.4 Å². The van der Waals surface area contributed by atoms with Gasteiger partial charge in [-0.05, 0) is 31.0 Å². The van der Waals surface area contributed by atoms with Gasteiger partial charge in [-0.25, -0.2) is 0 Å². The highest BCUT2D eigenvalue weighted by Crippen LogP contribution is 2.69. The Kier molecular flexibility index (Phi) is 4.19. The fraction of sp³-hybridized carbons (Fsp3) is 0.524. The summed E-state index contributed by atoms with van der Waals surface area (Å²) in [5.74, 6) is -1.40. The quantitative estimate of drug-likeness (QED) is 0.835. The molecule has 4 aliphatic rings. The smallest absolute Gasteiger partial charge is 0.218 e. The molecule has 148 valence electrons. The molecular weight excluding hydrogens is 372 g/mol. The van der Waals surface area contributed by atoms with Crippen LogP contribution >= 0.6 is 0 Å². The summed E-state index contributed by atoms with van der Waals surface area (Å²) in [6.45, 7) is 0. The van der Waals surface area contributed by atoms with Crippen LogP contribution in [-0.4, -0.2) is 25.9 Å². The summed E-state index contributed by atoms with van der Waals surface area (Å²) in [4.78, 5) is 0. The van der Waals surface area contributed by atoms with E-state index in [9.17, 15) is 15.8 Å². The van der Waals surface area contributed by atoms with Crippen LogP contribution in [0.2, 0.25) is 0 Å². The lowest BCUT2D eigenvalue weighted by atomic mass is 9.48. The number of benzene rings is 1. The zero-order valence-electron chi connectivity index (χ0n) is 16.2. The lowest BCUT2D eigenvalue weighted by Gasteiger charge is -2.63. The first-order chi connectivity index (χ1) is 14.0. The Balaban J connectivity index is 2.03. The van der Waals surface area contributed by atoms with E-state index in [1.807, 2.05) is 0 Å². The van der Waals surface area contributed by atoms with Gasteiger partial charge in [0.2, 0.25) is 11.7 Å². The molecule has 5 rings (SSSR count). The number of fused-ring (bicyclic) bond motifs is 2. The van der Waals surface area contributed by atoms with Gasteiger partial charge in [-0.2, -0.15) is 15.8 Å². The number of hydrogen-bond acceptors (Lipinski definition) is 8. The molecule has 4 fully saturated rings. The van der Waals surface area contributed by atoms with Crippen LogP contribution in [0.3, 0.4) is 0 Å². The van der Waals surface area contributed by atoms with Crippen LogP contribution in [0, 0.1) is 56.2 Å². The molecule has 1 aromatic carbocycles. The van der Waals surface area contributed by atoms with E-state index in [0.29, 0.717) is 29.9 Å². The molecule has 1 aliphatic carbocycles. The Morgan fingerprint density at radius 3 is 2.48 bits per heavy atom. The molecule has 1 saturated carbocycles. The number of nitrogens with zero attached hydrogens (tertiary/aromatic N) is 3. The molecule has 0 amide bonds. The van der Waals surface area contributed by atoms with E-state index in [1.165, 1.54) is 14.2 Å². The predicted molar refractivity (Wildman–Crippen MR) is 98.6 cm³/mol. The summed E-state index contributed by atoms with van der Waals surface area (Å²) in [7, 11) is 2.99. The summed E-state index contributed by atoms with van der Waals surface area (Å²) >= 11 is 0. The van der Waals surface area contributed by atoms with Gasteiger partial charge in [0.25, 0.3) is 0 Å². The molecular formula is C21H20N4O4. The minimum absolute atomic E-state index is 0.401. The van der Waals surface area contributed by atoms with E-state index < -0.39 is 34.5 Å². The van der Waals surface area contributed by atoms with Gasteiger partial charge >= 0.3 is 0 Å². The maximum absolute atomic E-state index is 10.3. The van der Waals surface area contributed by atoms with Gasteiger partial charge < -0.3 is 18.9 Å². The van der Waals surface area contributed by atoms with Crippen molar-refractivity contribution in [3.05, 3.63) is 23.8 Å². The van der Waals surface area contributed by atoms with Crippen molar-refractivity contribution in [2.45, 2.75) is 37.6 Å². The Bertz CT molecular complexity index is 989. The van der Waals surface area contributed by atoms with E-state index in [-0.39, 0.29) is 0 Å². The van der Waals surface area contributed by atoms with E-state index in [2.05, 4.69) is 18.2 Å². The first kappa shape index (κ1) is 19.1. The molecule has 0 aromatic heterocycles. The van der Waals surface area contributed by atoms with Gasteiger partial charge in [0.05, 0.1) is 38.3 Å². The van der Waals surface area contributed by atoms with Gasteiger partial charge in [0.15, 0.2) is 10.8 Å². The van der Waals surface area contributed by atoms with Crippen LogP contribution in [-0.2, 0) is 9.47 Å². The number of methoxy groups -OCH3 is 2. The van der Waals surface area contributed by atoms with E-state index >= 15 is 0 Å². The largest absolute Gasteiger partial charge is 0.497 e. The average Bonchev–Trinajstić information content (AvgIpc) is 2.76. The number of nitriles is 3. The van der Waals surface area contributed by atoms with Crippen LogP contribution in [0.25, 0.3) is 0 Å². The molecule has 3 saturated heterocycles. The van der Waals surface area contributed by atoms with Gasteiger partial charge in [-0.15, -0.1) is 0 Å². The van der Waals surface area contributed by atoms with Crippen LogP contribution in [0.15, 0.2) is 18.2 Å². The summed E-state index contributed by atoms with van der Waals surface area (Å²) in [5, 5.41) is 39.4. The van der Waals surface area contributed by atoms with Crippen LogP contribution in [0.1, 0.15) is 37.4 Å². The Morgan fingerprint density at radius 1 is 1.10 bits per heavy atom. The van der Waals surface area contributed by atoms with Crippen LogP contribution in [0.5, 0.6) is 11.5 Å². The number of rotatable bonds is 3. The third-order valence-corrected chi connectivity index (χ3v) is 6.54. The van der Waals surface area contributed by atoms with E-state index in [1.54, 1.807) is 18.2 Å². The standard InChI is InChI=1S/C21H20N4O4/c1-26-13-6-7-15(27-2)14(9-13)17-20(12-24)18(25)29-21(28-17)8-4-3-5-16(21)19(20,10-22)11-23/h6-7,9,16-17,25H,3-5,8H2,1-2H3/t16-,17+,20-,21-/m1/s1. The van der Waals surface area contributed by atoms with Gasteiger partial charge in [0, 0.05) is 12.0 Å². The second-order valence-electron chi connectivity index (χ2n) is 7.60. The summed E-state index contributed by atoms with van der Waals surface area (Å²) in [5.41, 5.74) is -3.27. The maximum atomic E-state index is 10.3. The van der Waals surface area contributed by atoms with Crippen LogP contribution < -0.4 is 9.47 Å². The molecule has 4 atom stereocenters. The third kappa shape index (κ3) is 2.11. The van der Waals surface area contributed by atoms with Crippen molar-refractivity contribution in [2.75, 3.05) is 14.2 Å². The molecule has 29 heavy (non-hydrogen) atoms. The highest BCUT2D eigenvalue weighted by molar-refractivity contribution is 5.89. The minimum Gasteiger partial charge on any atom is -0.497 e. The molecule has 2 bridgehead atoms.